The Balaban J connectivity index is 1.39. The lowest BCUT2D eigenvalue weighted by atomic mass is 9.89. The van der Waals surface area contributed by atoms with E-state index in [1.54, 1.807) is 6.92 Å². The summed E-state index contributed by atoms with van der Waals surface area (Å²) < 4.78 is 15.6. The number of fused-ring (bicyclic) bond motifs is 1. The fraction of sp³-hybridized carbons (Fsp3) is 0.318. The molecule has 1 amide bonds. The van der Waals surface area contributed by atoms with Gasteiger partial charge in [0, 0.05) is 18.4 Å². The van der Waals surface area contributed by atoms with E-state index in [1.807, 2.05) is 18.2 Å². The molecule has 0 bridgehead atoms. The second kappa shape index (κ2) is 8.52. The predicted octanol–water partition coefficient (Wildman–Crippen LogP) is 3.59. The summed E-state index contributed by atoms with van der Waals surface area (Å²) in [5.41, 5.74) is 3.72. The number of hydrogen-bond acceptors (Lipinski definition) is 5. The second-order valence-corrected chi connectivity index (χ2v) is 7.46. The highest BCUT2D eigenvalue weighted by atomic mass is 19.1. The molecule has 4 rings (SSSR count). The average Bonchev–Trinajstić information content (AvgIpc) is 3.19. The van der Waals surface area contributed by atoms with Crippen molar-refractivity contribution in [3.05, 3.63) is 64.7 Å². The van der Waals surface area contributed by atoms with Crippen LogP contribution in [0, 0.1) is 12.7 Å². The fourth-order valence-electron chi connectivity index (χ4n) is 3.70. The van der Waals surface area contributed by atoms with E-state index in [0.717, 1.165) is 19.3 Å². The zero-order chi connectivity index (χ0) is 21.1. The average molecular weight is 407 g/mol. The van der Waals surface area contributed by atoms with Crippen LogP contribution in [0.2, 0.25) is 0 Å². The minimum atomic E-state index is -0.571. The van der Waals surface area contributed by atoms with Crippen LogP contribution in [0.15, 0.2) is 36.4 Å². The first-order valence-electron chi connectivity index (χ1n) is 10.0. The van der Waals surface area contributed by atoms with E-state index in [4.69, 9.17) is 0 Å². The normalized spacial score (nSPS) is 13.0. The molecule has 1 heterocycles. The molecule has 1 aromatic heterocycles. The Bertz CT molecular complexity index is 1110. The number of aryl methyl sites for hydroxylation is 3. The van der Waals surface area contributed by atoms with Crippen LogP contribution in [0.1, 0.15) is 53.0 Å². The summed E-state index contributed by atoms with van der Waals surface area (Å²) in [6, 6.07) is 10.0. The molecule has 0 saturated heterocycles. The zero-order valence-electron chi connectivity index (χ0n) is 16.7. The van der Waals surface area contributed by atoms with E-state index in [1.165, 1.54) is 40.4 Å². The van der Waals surface area contributed by atoms with Gasteiger partial charge in [-0.1, -0.05) is 12.1 Å². The van der Waals surface area contributed by atoms with Crippen LogP contribution in [0.5, 0.6) is 0 Å². The van der Waals surface area contributed by atoms with Gasteiger partial charge in [0.2, 0.25) is 5.91 Å². The standard InChI is InChI=1S/C22H22FN5O2/c1-14-25-26-27-28(14)18-8-9-19(23)20(13-18)24-22(30)11-10-21(29)17-7-6-15-4-2-3-5-16(15)12-17/h6-9,12-13H,2-5,10-11H2,1H3,(H,24,30). The Morgan fingerprint density at radius 3 is 2.63 bits per heavy atom. The number of nitrogens with zero attached hydrogens (tertiary/aromatic N) is 4. The molecule has 3 aromatic rings. The van der Waals surface area contributed by atoms with Crippen molar-refractivity contribution in [1.29, 1.82) is 0 Å². The van der Waals surface area contributed by atoms with E-state index in [2.05, 4.69) is 20.8 Å². The maximum absolute atomic E-state index is 14.2. The van der Waals surface area contributed by atoms with Crippen LogP contribution in [-0.2, 0) is 17.6 Å². The largest absolute Gasteiger partial charge is 0.324 e. The van der Waals surface area contributed by atoms with Gasteiger partial charge in [0.15, 0.2) is 11.6 Å². The van der Waals surface area contributed by atoms with Crippen LogP contribution in [0.25, 0.3) is 5.69 Å². The number of tetrazole rings is 1. The summed E-state index contributed by atoms with van der Waals surface area (Å²) in [4.78, 5) is 24.8. The highest BCUT2D eigenvalue weighted by Crippen LogP contribution is 2.23. The number of carbonyl (C=O) groups excluding carboxylic acids is 2. The maximum Gasteiger partial charge on any atom is 0.224 e. The first-order valence-corrected chi connectivity index (χ1v) is 10.0. The topological polar surface area (TPSA) is 89.8 Å². The van der Waals surface area contributed by atoms with E-state index >= 15 is 0 Å². The Labute approximate surface area is 173 Å². The van der Waals surface area contributed by atoms with E-state index in [-0.39, 0.29) is 24.3 Å². The predicted molar refractivity (Wildman–Crippen MR) is 109 cm³/mol. The molecule has 30 heavy (non-hydrogen) atoms. The molecule has 0 aliphatic heterocycles. The molecule has 154 valence electrons. The van der Waals surface area contributed by atoms with E-state index in [9.17, 15) is 14.0 Å². The smallest absolute Gasteiger partial charge is 0.224 e. The minimum Gasteiger partial charge on any atom is -0.324 e. The van der Waals surface area contributed by atoms with Gasteiger partial charge < -0.3 is 5.32 Å². The number of carbonyl (C=O) groups is 2. The number of ketones is 1. The highest BCUT2D eigenvalue weighted by Gasteiger charge is 2.15. The Morgan fingerprint density at radius 2 is 1.87 bits per heavy atom. The molecule has 0 fully saturated rings. The summed E-state index contributed by atoms with van der Waals surface area (Å²) >= 11 is 0. The molecule has 2 aromatic carbocycles. The van der Waals surface area contributed by atoms with Crippen LogP contribution >= 0.6 is 0 Å². The fourth-order valence-corrected chi connectivity index (χ4v) is 3.70. The van der Waals surface area contributed by atoms with E-state index in [0.29, 0.717) is 17.1 Å². The number of rotatable bonds is 6. The second-order valence-electron chi connectivity index (χ2n) is 7.46. The SMILES string of the molecule is Cc1nnnn1-c1ccc(F)c(NC(=O)CCC(=O)c2ccc3c(c2)CCCC3)c1. The van der Waals surface area contributed by atoms with Crippen molar-refractivity contribution >= 4 is 17.4 Å². The number of hydrogen-bond donors (Lipinski definition) is 1. The molecule has 0 saturated carbocycles. The maximum atomic E-state index is 14.2. The molecule has 1 aliphatic rings. The molecule has 0 unspecified atom stereocenters. The lowest BCUT2D eigenvalue weighted by molar-refractivity contribution is -0.116. The van der Waals surface area contributed by atoms with Crippen LogP contribution in [0.4, 0.5) is 10.1 Å². The monoisotopic (exact) mass is 407 g/mol. The van der Waals surface area contributed by atoms with Crippen molar-refractivity contribution in [2.24, 2.45) is 0 Å². The Kier molecular flexibility index (Phi) is 5.65. The van der Waals surface area contributed by atoms with Crippen molar-refractivity contribution in [3.63, 3.8) is 0 Å². The number of aromatic nitrogens is 4. The summed E-state index contributed by atoms with van der Waals surface area (Å²) in [6.45, 7) is 1.72. The van der Waals surface area contributed by atoms with Gasteiger partial charge in [0.05, 0.1) is 11.4 Å². The van der Waals surface area contributed by atoms with Crippen molar-refractivity contribution in [3.8, 4) is 5.69 Å². The number of amides is 1. The van der Waals surface area contributed by atoms with Gasteiger partial charge in [-0.3, -0.25) is 9.59 Å². The zero-order valence-corrected chi connectivity index (χ0v) is 16.7. The summed E-state index contributed by atoms with van der Waals surface area (Å²) in [7, 11) is 0. The Hall–Kier alpha value is -3.42. The van der Waals surface area contributed by atoms with Gasteiger partial charge in [-0.15, -0.1) is 5.10 Å². The van der Waals surface area contributed by atoms with Gasteiger partial charge >= 0.3 is 0 Å². The van der Waals surface area contributed by atoms with Crippen molar-refractivity contribution in [2.45, 2.75) is 45.4 Å². The lowest BCUT2D eigenvalue weighted by Crippen LogP contribution is -2.15. The van der Waals surface area contributed by atoms with Crippen molar-refractivity contribution < 1.29 is 14.0 Å². The third kappa shape index (κ3) is 4.27. The highest BCUT2D eigenvalue weighted by molar-refractivity contribution is 6.00. The molecule has 1 aliphatic carbocycles. The molecular formula is C22H22FN5O2. The van der Waals surface area contributed by atoms with Crippen LogP contribution in [0.3, 0.4) is 0 Å². The number of halogens is 1. The molecule has 0 radical (unpaired) electrons. The van der Waals surface area contributed by atoms with Gasteiger partial charge in [-0.2, -0.15) is 4.68 Å². The summed E-state index contributed by atoms with van der Waals surface area (Å²) in [6.07, 6.45) is 4.42. The molecule has 0 atom stereocenters. The first kappa shape index (κ1) is 19.9. The van der Waals surface area contributed by atoms with Crippen LogP contribution in [-0.4, -0.2) is 31.9 Å². The lowest BCUT2D eigenvalue weighted by Gasteiger charge is -2.16. The van der Waals surface area contributed by atoms with Gasteiger partial charge in [0.1, 0.15) is 5.82 Å². The molecule has 0 spiro atoms. The summed E-state index contributed by atoms with van der Waals surface area (Å²) in [5, 5.41) is 13.7. The quantitative estimate of drug-likeness (QED) is 0.631. The van der Waals surface area contributed by atoms with Crippen molar-refractivity contribution in [1.82, 2.24) is 20.2 Å². The number of Topliss-reactive ketones (excluding diaryl/α,β-unsaturated/α-hetero) is 1. The van der Waals surface area contributed by atoms with Gasteiger partial charge in [-0.25, -0.2) is 4.39 Å². The first-order chi connectivity index (χ1) is 14.5. The molecule has 8 heteroatoms. The third-order valence-corrected chi connectivity index (χ3v) is 5.34. The minimum absolute atomic E-state index is 0.0219. The van der Waals surface area contributed by atoms with E-state index < -0.39 is 11.7 Å². The Morgan fingerprint density at radius 1 is 1.07 bits per heavy atom. The van der Waals surface area contributed by atoms with Crippen molar-refractivity contribution in [2.75, 3.05) is 5.32 Å². The molecule has 1 N–H and O–H groups in total. The van der Waals surface area contributed by atoms with Gasteiger partial charge in [0.25, 0.3) is 0 Å². The molecule has 7 nitrogen and oxygen atoms in total. The van der Waals surface area contributed by atoms with Gasteiger partial charge in [-0.05, 0) is 78.4 Å². The summed E-state index contributed by atoms with van der Waals surface area (Å²) in [5.74, 6) is -0.545. The number of benzene rings is 2. The number of anilines is 1. The molecular weight excluding hydrogens is 385 g/mol. The number of nitrogens with one attached hydrogen (secondary N) is 1. The third-order valence-electron chi connectivity index (χ3n) is 5.34. The van der Waals surface area contributed by atoms with Crippen LogP contribution < -0.4 is 5.32 Å².